The van der Waals surface area contributed by atoms with E-state index in [0.717, 1.165) is 10.4 Å². The smallest absolute Gasteiger partial charge is 0.261 e. The molecule has 2 aromatic carbocycles. The lowest BCUT2D eigenvalue weighted by molar-refractivity contribution is -0.127. The van der Waals surface area contributed by atoms with E-state index < -0.39 is 6.10 Å². The lowest BCUT2D eigenvalue weighted by Gasteiger charge is -2.21. The Balaban J connectivity index is 1.75. The van der Waals surface area contributed by atoms with Crippen molar-refractivity contribution in [2.24, 2.45) is 0 Å². The summed E-state index contributed by atoms with van der Waals surface area (Å²) >= 11 is 7.56. The fraction of sp³-hybridized carbons (Fsp3) is 0.182. The molecular formula is C22H20ClNO3S. The number of halogens is 1. The van der Waals surface area contributed by atoms with Crippen molar-refractivity contribution in [3.05, 3.63) is 87.1 Å². The largest absolute Gasteiger partial charge is 0.481 e. The number of thiophene rings is 1. The number of carbonyl (C=O) groups is 2. The maximum atomic E-state index is 12.8. The summed E-state index contributed by atoms with van der Waals surface area (Å²) < 4.78 is 5.76. The average Bonchev–Trinajstić information content (AvgIpc) is 3.21. The van der Waals surface area contributed by atoms with Crippen molar-refractivity contribution in [1.29, 1.82) is 0 Å². The minimum Gasteiger partial charge on any atom is -0.481 e. The van der Waals surface area contributed by atoms with Crippen LogP contribution in [0.2, 0.25) is 5.02 Å². The van der Waals surface area contributed by atoms with Crippen molar-refractivity contribution in [3.8, 4) is 5.75 Å². The van der Waals surface area contributed by atoms with Gasteiger partial charge < -0.3 is 10.1 Å². The Morgan fingerprint density at radius 1 is 1.07 bits per heavy atom. The molecule has 0 saturated carbocycles. The van der Waals surface area contributed by atoms with Gasteiger partial charge in [-0.3, -0.25) is 9.59 Å². The van der Waals surface area contributed by atoms with Crippen LogP contribution in [0.3, 0.4) is 0 Å². The Hall–Kier alpha value is -2.63. The van der Waals surface area contributed by atoms with E-state index in [4.69, 9.17) is 16.3 Å². The number of hydrogen-bond acceptors (Lipinski definition) is 4. The lowest BCUT2D eigenvalue weighted by atomic mass is 10.1. The number of rotatable bonds is 7. The van der Waals surface area contributed by atoms with Crippen LogP contribution in [-0.2, 0) is 4.79 Å². The molecule has 0 aliphatic rings. The average molecular weight is 414 g/mol. The number of amides is 1. The molecule has 0 radical (unpaired) electrons. The Labute approximate surface area is 173 Å². The van der Waals surface area contributed by atoms with Gasteiger partial charge in [-0.15, -0.1) is 11.3 Å². The molecule has 1 heterocycles. The molecule has 0 spiro atoms. The molecule has 0 aliphatic carbocycles. The third-order valence-electron chi connectivity index (χ3n) is 4.24. The van der Waals surface area contributed by atoms with Gasteiger partial charge in [0.15, 0.2) is 11.9 Å². The van der Waals surface area contributed by atoms with Crippen LogP contribution in [-0.4, -0.2) is 17.8 Å². The molecule has 3 rings (SSSR count). The predicted octanol–water partition coefficient (Wildman–Crippen LogP) is 5.28. The van der Waals surface area contributed by atoms with E-state index in [2.05, 4.69) is 5.32 Å². The summed E-state index contributed by atoms with van der Waals surface area (Å²) in [6.07, 6.45) is -0.725. The summed E-state index contributed by atoms with van der Waals surface area (Å²) in [6, 6.07) is 17.9. The summed E-state index contributed by atoms with van der Waals surface area (Å²) in [5.41, 5.74) is 1.48. The Bertz CT molecular complexity index is 954. The van der Waals surface area contributed by atoms with E-state index in [0.29, 0.717) is 16.3 Å². The molecule has 28 heavy (non-hydrogen) atoms. The molecule has 3 aromatic rings. The minimum atomic E-state index is -0.725. The van der Waals surface area contributed by atoms with Crippen molar-refractivity contribution in [1.82, 2.24) is 5.32 Å². The SMILES string of the molecule is CC(=O)c1cccc(OC(C)C(=O)NC(c2ccc(Cl)cc2)c2cccs2)c1. The maximum absolute atomic E-state index is 12.8. The quantitative estimate of drug-likeness (QED) is 0.536. The topological polar surface area (TPSA) is 55.4 Å². The number of carbonyl (C=O) groups excluding carboxylic acids is 2. The number of benzene rings is 2. The number of nitrogens with one attached hydrogen (secondary N) is 1. The highest BCUT2D eigenvalue weighted by Crippen LogP contribution is 2.27. The molecule has 0 bridgehead atoms. The highest BCUT2D eigenvalue weighted by Gasteiger charge is 2.22. The van der Waals surface area contributed by atoms with Crippen molar-refractivity contribution in [2.75, 3.05) is 0 Å². The van der Waals surface area contributed by atoms with Crippen molar-refractivity contribution < 1.29 is 14.3 Å². The molecule has 2 atom stereocenters. The molecule has 0 aliphatic heterocycles. The van der Waals surface area contributed by atoms with E-state index in [1.165, 1.54) is 6.92 Å². The van der Waals surface area contributed by atoms with Crippen LogP contribution in [0.15, 0.2) is 66.0 Å². The standard InChI is InChI=1S/C22H20ClNO3S/c1-14(25)17-5-3-6-19(13-17)27-15(2)22(26)24-21(20-7-4-12-28-20)16-8-10-18(23)11-9-16/h3-13,15,21H,1-2H3,(H,24,26). The van der Waals surface area contributed by atoms with Crippen LogP contribution >= 0.6 is 22.9 Å². The zero-order chi connectivity index (χ0) is 20.1. The van der Waals surface area contributed by atoms with Crippen molar-refractivity contribution in [3.63, 3.8) is 0 Å². The van der Waals surface area contributed by atoms with Crippen LogP contribution in [0.4, 0.5) is 0 Å². The highest BCUT2D eigenvalue weighted by molar-refractivity contribution is 7.10. The lowest BCUT2D eigenvalue weighted by Crippen LogP contribution is -2.38. The maximum Gasteiger partial charge on any atom is 0.261 e. The van der Waals surface area contributed by atoms with Gasteiger partial charge in [0.05, 0.1) is 6.04 Å². The Kier molecular flexibility index (Phi) is 6.49. The molecule has 0 saturated heterocycles. The Morgan fingerprint density at radius 3 is 2.46 bits per heavy atom. The summed E-state index contributed by atoms with van der Waals surface area (Å²) in [5.74, 6) is 0.180. The van der Waals surface area contributed by atoms with Crippen LogP contribution < -0.4 is 10.1 Å². The van der Waals surface area contributed by atoms with Crippen LogP contribution in [0, 0.1) is 0 Å². The number of hydrogen-bond donors (Lipinski definition) is 1. The predicted molar refractivity (Wildman–Crippen MR) is 112 cm³/mol. The second kappa shape index (κ2) is 9.04. The summed E-state index contributed by atoms with van der Waals surface area (Å²) in [7, 11) is 0. The summed E-state index contributed by atoms with van der Waals surface area (Å²) in [5, 5.41) is 5.66. The van der Waals surface area contributed by atoms with Gasteiger partial charge in [-0.05, 0) is 55.1 Å². The van der Waals surface area contributed by atoms with E-state index in [9.17, 15) is 9.59 Å². The van der Waals surface area contributed by atoms with Crippen molar-refractivity contribution in [2.45, 2.75) is 26.0 Å². The van der Waals surface area contributed by atoms with Gasteiger partial charge >= 0.3 is 0 Å². The molecule has 144 valence electrons. The normalized spacial score (nSPS) is 12.8. The minimum absolute atomic E-state index is 0.0527. The first kappa shape index (κ1) is 20.1. The van der Waals surface area contributed by atoms with Crippen LogP contribution in [0.1, 0.15) is 40.7 Å². The van der Waals surface area contributed by atoms with E-state index >= 15 is 0 Å². The van der Waals surface area contributed by atoms with Crippen LogP contribution in [0.25, 0.3) is 0 Å². The molecule has 6 heteroatoms. The number of ketones is 1. The van der Waals surface area contributed by atoms with Gasteiger partial charge in [0, 0.05) is 15.5 Å². The van der Waals surface area contributed by atoms with Gasteiger partial charge in [0.1, 0.15) is 5.75 Å². The highest BCUT2D eigenvalue weighted by atomic mass is 35.5. The van der Waals surface area contributed by atoms with Gasteiger partial charge in [-0.2, -0.15) is 0 Å². The van der Waals surface area contributed by atoms with Gasteiger partial charge in [0.2, 0.25) is 0 Å². The number of Topliss-reactive ketones (excluding diaryl/α,β-unsaturated/α-hetero) is 1. The molecular weight excluding hydrogens is 394 g/mol. The fourth-order valence-corrected chi connectivity index (χ4v) is 3.66. The second-order valence-electron chi connectivity index (χ2n) is 6.35. The Morgan fingerprint density at radius 2 is 1.82 bits per heavy atom. The second-order valence-corrected chi connectivity index (χ2v) is 7.77. The first-order valence-corrected chi connectivity index (χ1v) is 10.1. The molecule has 2 unspecified atom stereocenters. The molecule has 0 fully saturated rings. The third-order valence-corrected chi connectivity index (χ3v) is 5.43. The monoisotopic (exact) mass is 413 g/mol. The first-order valence-electron chi connectivity index (χ1n) is 8.81. The number of ether oxygens (including phenoxy) is 1. The van der Waals surface area contributed by atoms with Gasteiger partial charge in [-0.1, -0.05) is 41.9 Å². The fourth-order valence-electron chi connectivity index (χ4n) is 2.74. The summed E-state index contributed by atoms with van der Waals surface area (Å²) in [4.78, 5) is 25.3. The molecule has 4 nitrogen and oxygen atoms in total. The molecule has 1 N–H and O–H groups in total. The van der Waals surface area contributed by atoms with E-state index in [1.807, 2.05) is 29.6 Å². The van der Waals surface area contributed by atoms with E-state index in [-0.39, 0.29) is 17.7 Å². The van der Waals surface area contributed by atoms with Gasteiger partial charge in [0.25, 0.3) is 5.91 Å². The third kappa shape index (κ3) is 5.00. The first-order chi connectivity index (χ1) is 13.4. The zero-order valence-electron chi connectivity index (χ0n) is 15.5. The zero-order valence-corrected chi connectivity index (χ0v) is 17.1. The van der Waals surface area contributed by atoms with Crippen LogP contribution in [0.5, 0.6) is 5.75 Å². The summed E-state index contributed by atoms with van der Waals surface area (Å²) in [6.45, 7) is 3.18. The molecule has 1 amide bonds. The van der Waals surface area contributed by atoms with E-state index in [1.54, 1.807) is 54.7 Å². The molecule has 1 aromatic heterocycles. The van der Waals surface area contributed by atoms with Gasteiger partial charge in [-0.25, -0.2) is 0 Å². The van der Waals surface area contributed by atoms with Crippen molar-refractivity contribution >= 4 is 34.6 Å².